The molecule has 0 aliphatic carbocycles. The monoisotopic (exact) mass is 621 g/mol. The molecular weight excluding hydrogens is 590 g/mol. The van der Waals surface area contributed by atoms with Crippen LogP contribution in [0.1, 0.15) is 48.9 Å². The number of halogens is 1. The Balaban J connectivity index is 1.90. The zero-order valence-electron chi connectivity index (χ0n) is 22.9. The summed E-state index contributed by atoms with van der Waals surface area (Å²) in [5.41, 5.74) is 3.89. The minimum Gasteiger partial charge on any atom is -0.481 e. The topological polar surface area (TPSA) is 151 Å². The number of carboxylic acid groups (broad SMARTS) is 1. The van der Waals surface area contributed by atoms with E-state index in [-0.39, 0.29) is 24.3 Å². The van der Waals surface area contributed by atoms with E-state index >= 15 is 0 Å². The fourth-order valence-electron chi connectivity index (χ4n) is 4.34. The Bertz CT molecular complexity index is 1640. The zero-order valence-corrected chi connectivity index (χ0v) is 25.3. The molecule has 3 rings (SSSR count). The number of benzene rings is 2. The van der Waals surface area contributed by atoms with Gasteiger partial charge in [-0.05, 0) is 79.3 Å². The van der Waals surface area contributed by atoms with Crippen molar-refractivity contribution in [2.45, 2.75) is 51.0 Å². The smallest absolute Gasteiger partial charge is 0.304 e. The minimum atomic E-state index is -4.13. The third-order valence-corrected chi connectivity index (χ3v) is 10.4. The first kappa shape index (κ1) is 32.2. The molecular formula is C28H32ClN3O7S2. The lowest BCUT2D eigenvalue weighted by Crippen LogP contribution is -2.36. The lowest BCUT2D eigenvalue weighted by molar-refractivity contribution is -0.136. The molecule has 41 heavy (non-hydrogen) atoms. The molecule has 220 valence electrons. The van der Waals surface area contributed by atoms with Crippen LogP contribution >= 0.6 is 11.6 Å². The predicted molar refractivity (Wildman–Crippen MR) is 156 cm³/mol. The highest BCUT2D eigenvalue weighted by atomic mass is 35.5. The SMILES string of the molecule is Cc1cnccc1-c1cccc([C@H](C)N(CCCC(=O)NS(=O)(=O)CCC(=O)O)S(=O)(=O)c2cccc(Cl)c2C)c1. The standard InChI is InChI=1S/C28H32ClN3O7S2/c1-19-18-30-14-12-24(19)23-8-4-7-22(17-23)21(3)32(41(38,39)26-10-5-9-25(29)20(26)2)15-6-11-27(33)31-40(36,37)16-13-28(34)35/h4-5,7-10,12,14,17-18,21H,6,11,13,15-16H2,1-3H3,(H,31,33)(H,34,35)/t21-/m0/s1. The van der Waals surface area contributed by atoms with Crippen molar-refractivity contribution in [1.29, 1.82) is 0 Å². The average Bonchev–Trinajstić information content (AvgIpc) is 2.91. The van der Waals surface area contributed by atoms with Gasteiger partial charge in [-0.2, -0.15) is 4.31 Å². The zero-order chi connectivity index (χ0) is 30.4. The lowest BCUT2D eigenvalue weighted by Gasteiger charge is -2.30. The summed E-state index contributed by atoms with van der Waals surface area (Å²) in [7, 11) is -8.25. The van der Waals surface area contributed by atoms with Crippen molar-refractivity contribution in [1.82, 2.24) is 14.0 Å². The number of rotatable bonds is 13. The van der Waals surface area contributed by atoms with Gasteiger partial charge in [0.2, 0.25) is 26.0 Å². The number of nitrogens with zero attached hydrogens (tertiary/aromatic N) is 2. The van der Waals surface area contributed by atoms with E-state index in [1.54, 1.807) is 38.4 Å². The fourth-order valence-corrected chi connectivity index (χ4v) is 7.47. The minimum absolute atomic E-state index is 0.00657. The van der Waals surface area contributed by atoms with Crippen molar-refractivity contribution in [3.63, 3.8) is 0 Å². The second-order valence-corrected chi connectivity index (χ2v) is 13.7. The molecule has 1 heterocycles. The second-order valence-electron chi connectivity index (χ2n) is 9.56. The summed E-state index contributed by atoms with van der Waals surface area (Å²) >= 11 is 6.24. The van der Waals surface area contributed by atoms with Crippen LogP contribution in [0.4, 0.5) is 0 Å². The molecule has 2 N–H and O–H groups in total. The van der Waals surface area contributed by atoms with Crippen molar-refractivity contribution < 1.29 is 31.5 Å². The summed E-state index contributed by atoms with van der Waals surface area (Å²) in [5.74, 6) is -2.90. The Morgan fingerprint density at radius 2 is 1.76 bits per heavy atom. The third kappa shape index (κ3) is 8.35. The second kappa shape index (κ2) is 13.6. The molecule has 13 heteroatoms. The lowest BCUT2D eigenvalue weighted by atomic mass is 9.98. The summed E-state index contributed by atoms with van der Waals surface area (Å²) in [6.45, 7) is 5.19. The molecule has 1 aromatic heterocycles. The van der Waals surface area contributed by atoms with Gasteiger partial charge < -0.3 is 5.11 Å². The Labute approximate surface area is 245 Å². The third-order valence-electron chi connectivity index (χ3n) is 6.57. The van der Waals surface area contributed by atoms with Gasteiger partial charge in [0.25, 0.3) is 0 Å². The molecule has 0 aliphatic heterocycles. The molecule has 2 aromatic carbocycles. The Kier molecular flexibility index (Phi) is 10.6. The van der Waals surface area contributed by atoms with Gasteiger partial charge in [-0.3, -0.25) is 19.3 Å². The molecule has 0 fully saturated rings. The summed E-state index contributed by atoms with van der Waals surface area (Å²) in [6, 6.07) is 13.3. The van der Waals surface area contributed by atoms with E-state index in [9.17, 15) is 26.4 Å². The van der Waals surface area contributed by atoms with Gasteiger partial charge in [-0.1, -0.05) is 35.9 Å². The van der Waals surface area contributed by atoms with Crippen LogP contribution in [0.25, 0.3) is 11.1 Å². The quantitative estimate of drug-likeness (QED) is 0.284. The van der Waals surface area contributed by atoms with Crippen molar-refractivity contribution in [3.8, 4) is 11.1 Å². The largest absolute Gasteiger partial charge is 0.481 e. The number of sulfonamides is 2. The molecule has 0 bridgehead atoms. The van der Waals surface area contributed by atoms with Crippen LogP contribution in [0.5, 0.6) is 0 Å². The number of carbonyl (C=O) groups is 2. The van der Waals surface area contributed by atoms with Crippen LogP contribution in [0.2, 0.25) is 5.02 Å². The maximum atomic E-state index is 14.0. The molecule has 0 aliphatic rings. The van der Waals surface area contributed by atoms with E-state index in [0.29, 0.717) is 16.1 Å². The van der Waals surface area contributed by atoms with Crippen molar-refractivity contribution in [2.75, 3.05) is 12.3 Å². The van der Waals surface area contributed by atoms with Gasteiger partial charge in [-0.15, -0.1) is 0 Å². The van der Waals surface area contributed by atoms with Gasteiger partial charge >= 0.3 is 5.97 Å². The molecule has 10 nitrogen and oxygen atoms in total. The number of amides is 1. The molecule has 0 radical (unpaired) electrons. The highest BCUT2D eigenvalue weighted by Gasteiger charge is 2.32. The number of aryl methyl sites for hydroxylation is 1. The van der Waals surface area contributed by atoms with E-state index in [0.717, 1.165) is 16.7 Å². The van der Waals surface area contributed by atoms with Crippen molar-refractivity contribution >= 4 is 43.5 Å². The molecule has 0 saturated carbocycles. The van der Waals surface area contributed by atoms with Crippen LogP contribution in [0, 0.1) is 13.8 Å². The van der Waals surface area contributed by atoms with Crippen molar-refractivity contribution in [3.05, 3.63) is 82.6 Å². The normalized spacial score (nSPS) is 12.7. The number of hydrogen-bond donors (Lipinski definition) is 2. The van der Waals surface area contributed by atoms with E-state index in [1.165, 1.54) is 10.4 Å². The molecule has 0 spiro atoms. The first-order chi connectivity index (χ1) is 19.2. The maximum Gasteiger partial charge on any atom is 0.304 e. The number of aliphatic carboxylic acids is 1. The Morgan fingerprint density at radius 1 is 1.05 bits per heavy atom. The first-order valence-electron chi connectivity index (χ1n) is 12.8. The number of carbonyl (C=O) groups excluding carboxylic acids is 1. The summed E-state index contributed by atoms with van der Waals surface area (Å²) in [6.07, 6.45) is 2.49. The van der Waals surface area contributed by atoms with Crippen LogP contribution in [0.15, 0.2) is 65.8 Å². The van der Waals surface area contributed by atoms with Gasteiger partial charge in [0.05, 0.1) is 17.1 Å². The molecule has 1 amide bonds. The van der Waals surface area contributed by atoms with Gasteiger partial charge in [0.15, 0.2) is 0 Å². The summed E-state index contributed by atoms with van der Waals surface area (Å²) in [4.78, 5) is 27.2. The predicted octanol–water partition coefficient (Wildman–Crippen LogP) is 4.47. The van der Waals surface area contributed by atoms with E-state index < -0.39 is 50.1 Å². The van der Waals surface area contributed by atoms with Gasteiger partial charge in [-0.25, -0.2) is 16.8 Å². The fraction of sp³-hybridized carbons (Fsp3) is 0.321. The summed E-state index contributed by atoms with van der Waals surface area (Å²) in [5, 5.41) is 9.00. The highest BCUT2D eigenvalue weighted by molar-refractivity contribution is 7.90. The van der Waals surface area contributed by atoms with Crippen LogP contribution in [-0.4, -0.2) is 55.4 Å². The molecule has 0 unspecified atom stereocenters. The van der Waals surface area contributed by atoms with Crippen LogP contribution < -0.4 is 4.72 Å². The van der Waals surface area contributed by atoms with Crippen LogP contribution in [0.3, 0.4) is 0 Å². The summed E-state index contributed by atoms with van der Waals surface area (Å²) < 4.78 is 55.1. The molecule has 1 atom stereocenters. The van der Waals surface area contributed by atoms with E-state index in [2.05, 4.69) is 4.98 Å². The Morgan fingerprint density at radius 3 is 2.44 bits per heavy atom. The van der Waals surface area contributed by atoms with E-state index in [1.807, 2.05) is 42.0 Å². The van der Waals surface area contributed by atoms with Crippen LogP contribution in [-0.2, 0) is 29.6 Å². The number of carboxylic acids is 1. The Hall–Kier alpha value is -3.32. The molecule has 0 saturated heterocycles. The van der Waals surface area contributed by atoms with Gasteiger partial charge in [0, 0.05) is 36.4 Å². The highest BCUT2D eigenvalue weighted by Crippen LogP contribution is 2.33. The average molecular weight is 622 g/mol. The number of nitrogens with one attached hydrogen (secondary N) is 1. The molecule has 3 aromatic rings. The van der Waals surface area contributed by atoms with E-state index in [4.69, 9.17) is 16.7 Å². The number of aromatic nitrogens is 1. The number of hydrogen-bond acceptors (Lipinski definition) is 7. The van der Waals surface area contributed by atoms with Crippen molar-refractivity contribution in [2.24, 2.45) is 0 Å². The first-order valence-corrected chi connectivity index (χ1v) is 16.2. The van der Waals surface area contributed by atoms with Gasteiger partial charge in [0.1, 0.15) is 0 Å². The maximum absolute atomic E-state index is 14.0. The number of pyridine rings is 1.